The molecule has 2 aliphatic carbocycles. The molecular weight excluding hydrogens is 152 g/mol. The van der Waals surface area contributed by atoms with Crippen LogP contribution in [-0.2, 0) is 4.79 Å². The first-order valence-corrected chi connectivity index (χ1v) is 4.70. The Bertz CT molecular complexity index is 220. The molecule has 0 heterocycles. The van der Waals surface area contributed by atoms with Crippen LogP contribution in [-0.4, -0.2) is 11.1 Å². The number of allylic oxidation sites excluding steroid dienone is 2. The number of hydrogen-bond acceptors (Lipinski definition) is 1. The molecule has 0 aromatic rings. The molecule has 12 heavy (non-hydrogen) atoms. The van der Waals surface area contributed by atoms with Crippen LogP contribution in [0.5, 0.6) is 0 Å². The molecule has 0 aliphatic heterocycles. The van der Waals surface area contributed by atoms with Gasteiger partial charge in [-0.3, -0.25) is 4.79 Å². The molecule has 2 nitrogen and oxygen atoms in total. The lowest BCUT2D eigenvalue weighted by atomic mass is 10.1. The van der Waals surface area contributed by atoms with Crippen molar-refractivity contribution in [3.05, 3.63) is 12.2 Å². The van der Waals surface area contributed by atoms with Gasteiger partial charge in [-0.15, -0.1) is 0 Å². The van der Waals surface area contributed by atoms with Crippen LogP contribution in [0.3, 0.4) is 0 Å². The van der Waals surface area contributed by atoms with Crippen LogP contribution in [0.4, 0.5) is 0 Å². The highest BCUT2D eigenvalue weighted by Crippen LogP contribution is 2.51. The second-order valence-electron chi connectivity index (χ2n) is 3.82. The van der Waals surface area contributed by atoms with Gasteiger partial charge in [-0.05, 0) is 31.1 Å². The van der Waals surface area contributed by atoms with E-state index >= 15 is 0 Å². The van der Waals surface area contributed by atoms with Crippen LogP contribution in [0.1, 0.15) is 25.7 Å². The SMILES string of the molecule is O=C(O)[C@H]1[C@H]2C=CCCCC[C@H]21. The summed E-state index contributed by atoms with van der Waals surface area (Å²) < 4.78 is 0. The zero-order valence-corrected chi connectivity index (χ0v) is 7.07. The zero-order chi connectivity index (χ0) is 8.55. The Morgan fingerprint density at radius 1 is 1.42 bits per heavy atom. The second-order valence-corrected chi connectivity index (χ2v) is 3.82. The van der Waals surface area contributed by atoms with Crippen LogP contribution >= 0.6 is 0 Å². The largest absolute Gasteiger partial charge is 0.481 e. The van der Waals surface area contributed by atoms with Gasteiger partial charge < -0.3 is 5.11 Å². The fourth-order valence-corrected chi connectivity index (χ4v) is 2.28. The van der Waals surface area contributed by atoms with E-state index in [2.05, 4.69) is 12.2 Å². The van der Waals surface area contributed by atoms with Crippen molar-refractivity contribution >= 4 is 5.97 Å². The van der Waals surface area contributed by atoms with Gasteiger partial charge in [-0.25, -0.2) is 0 Å². The number of fused-ring (bicyclic) bond motifs is 1. The summed E-state index contributed by atoms with van der Waals surface area (Å²) in [5.74, 6) is 0.165. The quantitative estimate of drug-likeness (QED) is 0.605. The summed E-state index contributed by atoms with van der Waals surface area (Å²) in [6.45, 7) is 0. The van der Waals surface area contributed by atoms with E-state index in [1.807, 2.05) is 0 Å². The van der Waals surface area contributed by atoms with E-state index in [-0.39, 0.29) is 5.92 Å². The molecule has 0 radical (unpaired) electrons. The molecule has 0 aromatic carbocycles. The molecule has 66 valence electrons. The van der Waals surface area contributed by atoms with Gasteiger partial charge in [0.1, 0.15) is 0 Å². The van der Waals surface area contributed by atoms with Crippen molar-refractivity contribution in [3.8, 4) is 0 Å². The maximum Gasteiger partial charge on any atom is 0.307 e. The van der Waals surface area contributed by atoms with E-state index in [0.717, 1.165) is 12.8 Å². The number of carboxylic acid groups (broad SMARTS) is 1. The van der Waals surface area contributed by atoms with Crippen LogP contribution in [0.15, 0.2) is 12.2 Å². The predicted octanol–water partition coefficient (Wildman–Crippen LogP) is 2.06. The molecule has 0 unspecified atom stereocenters. The number of carboxylic acids is 1. The molecule has 2 rings (SSSR count). The smallest absolute Gasteiger partial charge is 0.307 e. The van der Waals surface area contributed by atoms with Gasteiger partial charge in [-0.1, -0.05) is 18.6 Å². The fraction of sp³-hybridized carbons (Fsp3) is 0.700. The second kappa shape index (κ2) is 2.92. The number of carbonyl (C=O) groups is 1. The zero-order valence-electron chi connectivity index (χ0n) is 7.07. The van der Waals surface area contributed by atoms with Gasteiger partial charge in [0.2, 0.25) is 0 Å². The minimum atomic E-state index is -0.600. The lowest BCUT2D eigenvalue weighted by Crippen LogP contribution is -1.99. The van der Waals surface area contributed by atoms with E-state index < -0.39 is 5.97 Å². The first-order chi connectivity index (χ1) is 5.80. The van der Waals surface area contributed by atoms with Crippen LogP contribution in [0, 0.1) is 17.8 Å². The Labute approximate surface area is 72.3 Å². The molecule has 3 atom stereocenters. The summed E-state index contributed by atoms with van der Waals surface area (Å²) in [7, 11) is 0. The molecule has 2 aliphatic rings. The lowest BCUT2D eigenvalue weighted by molar-refractivity contribution is -0.139. The average Bonchev–Trinajstić information content (AvgIpc) is 2.60. The van der Waals surface area contributed by atoms with E-state index in [1.54, 1.807) is 0 Å². The van der Waals surface area contributed by atoms with Crippen molar-refractivity contribution in [2.24, 2.45) is 17.8 Å². The number of hydrogen-bond donors (Lipinski definition) is 1. The maximum absolute atomic E-state index is 10.7. The summed E-state index contributed by atoms with van der Waals surface area (Å²) in [6, 6.07) is 0. The molecule has 1 saturated carbocycles. The van der Waals surface area contributed by atoms with Gasteiger partial charge in [0, 0.05) is 0 Å². The first kappa shape index (κ1) is 7.84. The molecule has 0 saturated heterocycles. The standard InChI is InChI=1S/C10H14O2/c11-10(12)9-7-5-3-1-2-4-6-8(7)9/h3,5,7-9H,1-2,4,6H2,(H,11,12)/t7-,8+,9-/m0/s1. The Morgan fingerprint density at radius 3 is 3.00 bits per heavy atom. The van der Waals surface area contributed by atoms with Crippen molar-refractivity contribution in [1.29, 1.82) is 0 Å². The molecule has 0 bridgehead atoms. The highest BCUT2D eigenvalue weighted by Gasteiger charge is 2.52. The number of aliphatic carboxylic acids is 1. The van der Waals surface area contributed by atoms with E-state index in [0.29, 0.717) is 11.8 Å². The Kier molecular flexibility index (Phi) is 1.91. The first-order valence-electron chi connectivity index (χ1n) is 4.70. The van der Waals surface area contributed by atoms with Crippen LogP contribution in [0.2, 0.25) is 0 Å². The topological polar surface area (TPSA) is 37.3 Å². The molecule has 1 N–H and O–H groups in total. The highest BCUT2D eigenvalue weighted by molar-refractivity contribution is 5.74. The Hall–Kier alpha value is -0.790. The van der Waals surface area contributed by atoms with E-state index in [4.69, 9.17) is 5.11 Å². The van der Waals surface area contributed by atoms with Gasteiger partial charge >= 0.3 is 5.97 Å². The van der Waals surface area contributed by atoms with Crippen molar-refractivity contribution < 1.29 is 9.90 Å². The average molecular weight is 166 g/mol. The van der Waals surface area contributed by atoms with Crippen LogP contribution < -0.4 is 0 Å². The minimum Gasteiger partial charge on any atom is -0.481 e. The van der Waals surface area contributed by atoms with Crippen molar-refractivity contribution in [1.82, 2.24) is 0 Å². The molecule has 0 aromatic heterocycles. The third-order valence-corrected chi connectivity index (χ3v) is 3.03. The predicted molar refractivity (Wildman–Crippen MR) is 45.7 cm³/mol. The summed E-state index contributed by atoms with van der Waals surface area (Å²) in [4.78, 5) is 10.7. The normalized spacial score (nSPS) is 39.5. The third-order valence-electron chi connectivity index (χ3n) is 3.03. The molecule has 0 amide bonds. The molecule has 1 fully saturated rings. The molecular formula is C10H14O2. The number of rotatable bonds is 1. The van der Waals surface area contributed by atoms with E-state index in [1.165, 1.54) is 12.8 Å². The monoisotopic (exact) mass is 166 g/mol. The highest BCUT2D eigenvalue weighted by atomic mass is 16.4. The summed E-state index contributed by atoms with van der Waals surface area (Å²) in [5.41, 5.74) is 0. The molecule has 0 spiro atoms. The van der Waals surface area contributed by atoms with Gasteiger partial charge in [0.05, 0.1) is 5.92 Å². The Morgan fingerprint density at radius 2 is 2.25 bits per heavy atom. The van der Waals surface area contributed by atoms with Crippen molar-refractivity contribution in [2.45, 2.75) is 25.7 Å². The van der Waals surface area contributed by atoms with E-state index in [9.17, 15) is 4.79 Å². The van der Waals surface area contributed by atoms with Crippen molar-refractivity contribution in [3.63, 3.8) is 0 Å². The van der Waals surface area contributed by atoms with Crippen molar-refractivity contribution in [2.75, 3.05) is 0 Å². The fourth-order valence-electron chi connectivity index (χ4n) is 2.28. The Balaban J connectivity index is 2.03. The van der Waals surface area contributed by atoms with Gasteiger partial charge in [0.15, 0.2) is 0 Å². The summed E-state index contributed by atoms with van der Waals surface area (Å²) in [6.07, 6.45) is 8.95. The lowest BCUT2D eigenvalue weighted by Gasteiger charge is -1.99. The minimum absolute atomic E-state index is 0.0562. The summed E-state index contributed by atoms with van der Waals surface area (Å²) >= 11 is 0. The maximum atomic E-state index is 10.7. The van der Waals surface area contributed by atoms with Crippen LogP contribution in [0.25, 0.3) is 0 Å². The third kappa shape index (κ3) is 1.26. The van der Waals surface area contributed by atoms with Gasteiger partial charge in [-0.2, -0.15) is 0 Å². The van der Waals surface area contributed by atoms with Gasteiger partial charge in [0.25, 0.3) is 0 Å². The molecule has 2 heteroatoms. The summed E-state index contributed by atoms with van der Waals surface area (Å²) in [5, 5.41) is 8.83.